The second kappa shape index (κ2) is 4.82. The number of nitrogens with two attached hydrogens (primary N) is 1. The molecule has 1 unspecified atom stereocenters. The molecule has 5 atom stereocenters. The van der Waals surface area contributed by atoms with Crippen molar-refractivity contribution in [2.45, 2.75) is 30.4 Å². The Hall–Kier alpha value is -1.85. The summed E-state index contributed by atoms with van der Waals surface area (Å²) in [7, 11) is -0.278. The van der Waals surface area contributed by atoms with E-state index < -0.39 is 23.5 Å². The van der Waals surface area contributed by atoms with E-state index in [-0.39, 0.29) is 27.2 Å². The highest BCUT2D eigenvalue weighted by Gasteiger charge is 2.68. The maximum Gasteiger partial charge on any atom is 0.233 e. The molecule has 23 heavy (non-hydrogen) atoms. The van der Waals surface area contributed by atoms with Gasteiger partial charge in [-0.1, -0.05) is 0 Å². The van der Waals surface area contributed by atoms with E-state index in [2.05, 4.69) is 10.1 Å². The van der Waals surface area contributed by atoms with Crippen molar-refractivity contribution in [2.75, 3.05) is 12.3 Å². The minimum absolute atomic E-state index is 0.173. The van der Waals surface area contributed by atoms with Gasteiger partial charge in [-0.3, -0.25) is 0 Å². The molecular weight excluding hydrogens is 324 g/mol. The van der Waals surface area contributed by atoms with Crippen LogP contribution in [0.3, 0.4) is 0 Å². The lowest BCUT2D eigenvalue weighted by Gasteiger charge is -2.32. The van der Waals surface area contributed by atoms with Crippen molar-refractivity contribution in [3.8, 4) is 6.07 Å². The maximum atomic E-state index is 15.6. The van der Waals surface area contributed by atoms with Crippen LogP contribution in [0.2, 0.25) is 0 Å². The molecule has 0 radical (unpaired) electrons. The van der Waals surface area contributed by atoms with Crippen LogP contribution < -0.4 is 5.73 Å². The molecule has 2 N–H and O–H groups in total. The zero-order valence-electron chi connectivity index (χ0n) is 12.1. The molecule has 2 aromatic heterocycles. The number of anilines is 1. The van der Waals surface area contributed by atoms with Crippen LogP contribution in [0, 0.1) is 11.3 Å². The second-order valence-electron chi connectivity index (χ2n) is 5.62. The molecule has 2 fully saturated rings. The molecule has 0 bridgehead atoms. The molecule has 0 aliphatic carbocycles. The van der Waals surface area contributed by atoms with Gasteiger partial charge in [0.2, 0.25) is 5.60 Å². The quantitative estimate of drug-likeness (QED) is 0.776. The number of hydrogen-bond acceptors (Lipinski definition) is 7. The molecule has 8 nitrogen and oxygen atoms in total. The smallest absolute Gasteiger partial charge is 0.233 e. The molecule has 4 rings (SSSR count). The highest BCUT2D eigenvalue weighted by atomic mass is 31.1. The molecule has 2 aromatic rings. The molecule has 0 spiro atoms. The number of aromatic nitrogens is 3. The van der Waals surface area contributed by atoms with E-state index in [9.17, 15) is 5.26 Å². The number of ether oxygens (including phenoxy) is 1. The first kappa shape index (κ1) is 14.7. The topological polar surface area (TPSA) is 108 Å². The molecule has 4 heterocycles. The fourth-order valence-corrected chi connectivity index (χ4v) is 3.96. The SMILES string of the molecule is C[C@@]1(F)[C@@H]2OPOC[C@H]2O[C@@]1(C#N)c1ccc2c(N)ncnn12. The lowest BCUT2D eigenvalue weighted by atomic mass is 9.82. The summed E-state index contributed by atoms with van der Waals surface area (Å²) in [6.45, 7) is 1.48. The van der Waals surface area contributed by atoms with E-state index in [0.29, 0.717) is 5.52 Å². The van der Waals surface area contributed by atoms with Crippen LogP contribution in [-0.4, -0.2) is 39.1 Å². The van der Waals surface area contributed by atoms with E-state index >= 15 is 4.39 Å². The van der Waals surface area contributed by atoms with Crippen LogP contribution in [0.5, 0.6) is 0 Å². The van der Waals surface area contributed by atoms with Gasteiger partial charge < -0.3 is 19.5 Å². The lowest BCUT2D eigenvalue weighted by Crippen LogP contribution is -2.49. The zero-order chi connectivity index (χ0) is 16.2. The average Bonchev–Trinajstić information content (AvgIpc) is 3.07. The highest BCUT2D eigenvalue weighted by Crippen LogP contribution is 2.53. The van der Waals surface area contributed by atoms with Crippen LogP contribution in [0.15, 0.2) is 18.5 Å². The summed E-state index contributed by atoms with van der Waals surface area (Å²) in [5.74, 6) is 0.233. The van der Waals surface area contributed by atoms with Crippen molar-refractivity contribution in [1.82, 2.24) is 14.6 Å². The Morgan fingerprint density at radius 3 is 3.13 bits per heavy atom. The first-order valence-corrected chi connectivity index (χ1v) is 7.72. The predicted molar refractivity (Wildman–Crippen MR) is 78.2 cm³/mol. The van der Waals surface area contributed by atoms with Crippen molar-refractivity contribution in [1.29, 1.82) is 5.26 Å². The number of nitrogen functional groups attached to an aromatic ring is 1. The van der Waals surface area contributed by atoms with Gasteiger partial charge in [-0.2, -0.15) is 10.4 Å². The minimum atomic E-state index is -2.09. The number of fused-ring (bicyclic) bond motifs is 2. The summed E-state index contributed by atoms with van der Waals surface area (Å²) in [5, 5.41) is 13.9. The normalized spacial score (nSPS) is 37.8. The maximum absolute atomic E-state index is 15.6. The van der Waals surface area contributed by atoms with Gasteiger partial charge >= 0.3 is 0 Å². The average molecular weight is 337 g/mol. The van der Waals surface area contributed by atoms with Crippen molar-refractivity contribution in [2.24, 2.45) is 0 Å². The van der Waals surface area contributed by atoms with E-state index in [0.717, 1.165) is 0 Å². The Bertz CT molecular complexity index is 822. The molecule has 10 heteroatoms. The number of halogens is 1. The summed E-state index contributed by atoms with van der Waals surface area (Å²) in [4.78, 5) is 3.89. The molecule has 0 amide bonds. The number of nitrogens with zero attached hydrogens (tertiary/aromatic N) is 4. The fraction of sp³-hybridized carbons (Fsp3) is 0.462. The van der Waals surface area contributed by atoms with E-state index in [1.54, 1.807) is 12.1 Å². The highest BCUT2D eigenvalue weighted by molar-refractivity contribution is 7.26. The largest absolute Gasteiger partial charge is 0.382 e. The van der Waals surface area contributed by atoms with Gasteiger partial charge in [-0.15, -0.1) is 0 Å². The monoisotopic (exact) mass is 337 g/mol. The van der Waals surface area contributed by atoms with Gasteiger partial charge in [-0.05, 0) is 19.1 Å². The number of nitriles is 1. The Morgan fingerprint density at radius 1 is 1.57 bits per heavy atom. The van der Waals surface area contributed by atoms with Crippen LogP contribution in [0.4, 0.5) is 10.2 Å². The molecule has 2 aliphatic rings. The van der Waals surface area contributed by atoms with Crippen molar-refractivity contribution in [3.05, 3.63) is 24.2 Å². The molecule has 0 saturated carbocycles. The third-order valence-electron chi connectivity index (χ3n) is 4.37. The number of hydrogen-bond donors (Lipinski definition) is 1. The first-order chi connectivity index (χ1) is 11.0. The van der Waals surface area contributed by atoms with Crippen LogP contribution in [0.1, 0.15) is 12.6 Å². The van der Waals surface area contributed by atoms with Crippen molar-refractivity contribution < 1.29 is 18.2 Å². The van der Waals surface area contributed by atoms with Crippen molar-refractivity contribution in [3.63, 3.8) is 0 Å². The van der Waals surface area contributed by atoms with Gasteiger partial charge in [0, 0.05) is 0 Å². The number of alkyl halides is 1. The van der Waals surface area contributed by atoms with Gasteiger partial charge in [0.05, 0.1) is 12.3 Å². The van der Waals surface area contributed by atoms with Crippen molar-refractivity contribution >= 4 is 20.4 Å². The van der Waals surface area contributed by atoms with Gasteiger partial charge in [0.15, 0.2) is 20.5 Å². The molecule has 2 aliphatic heterocycles. The Labute approximate surface area is 132 Å². The molecule has 0 aromatic carbocycles. The fourth-order valence-electron chi connectivity index (χ4n) is 3.19. The van der Waals surface area contributed by atoms with Gasteiger partial charge in [-0.25, -0.2) is 13.9 Å². The molecule has 2 saturated heterocycles. The Morgan fingerprint density at radius 2 is 2.39 bits per heavy atom. The summed E-state index contributed by atoms with van der Waals surface area (Å²) >= 11 is 0. The van der Waals surface area contributed by atoms with Crippen LogP contribution in [0.25, 0.3) is 5.52 Å². The standard InChI is InChI=1S/C13H13FN5O3P/c1-12(14)10-8(4-20-23-22-10)21-13(12,5-15)9-3-2-7-11(16)17-6-18-19(7)9/h2-3,6,8,10,23H,4H2,1H3,(H2,16,17,18)/t8-,10-,12-,13+/m1/s1. The molecular formula is C13H13FN5O3P. The number of rotatable bonds is 1. The Kier molecular flexibility index (Phi) is 3.09. The van der Waals surface area contributed by atoms with Crippen LogP contribution in [-0.2, 0) is 19.4 Å². The van der Waals surface area contributed by atoms with E-state index in [4.69, 9.17) is 19.5 Å². The third kappa shape index (κ3) is 1.78. The second-order valence-corrected chi connectivity index (χ2v) is 6.31. The third-order valence-corrected chi connectivity index (χ3v) is 5.00. The Balaban J connectivity index is 1.93. The summed E-state index contributed by atoms with van der Waals surface area (Å²) < 4.78 is 33.4. The summed E-state index contributed by atoms with van der Waals surface area (Å²) in [6.07, 6.45) is -0.315. The predicted octanol–water partition coefficient (Wildman–Crippen LogP) is 1.08. The van der Waals surface area contributed by atoms with E-state index in [1.165, 1.54) is 17.8 Å². The van der Waals surface area contributed by atoms with Crippen LogP contribution >= 0.6 is 9.03 Å². The lowest BCUT2D eigenvalue weighted by molar-refractivity contribution is -0.0696. The van der Waals surface area contributed by atoms with Gasteiger partial charge in [0.25, 0.3) is 0 Å². The zero-order valence-corrected chi connectivity index (χ0v) is 13.1. The van der Waals surface area contributed by atoms with E-state index in [1.807, 2.05) is 6.07 Å². The molecule has 120 valence electrons. The summed E-state index contributed by atoms with van der Waals surface area (Å²) in [6, 6.07) is 5.19. The summed E-state index contributed by atoms with van der Waals surface area (Å²) in [5.41, 5.74) is 2.56. The minimum Gasteiger partial charge on any atom is -0.382 e. The van der Waals surface area contributed by atoms with Gasteiger partial charge in [0.1, 0.15) is 30.1 Å². The first-order valence-electron chi connectivity index (χ1n) is 6.90.